The lowest BCUT2D eigenvalue weighted by atomic mass is 10.1. The van der Waals surface area contributed by atoms with Crippen LogP contribution >= 0.6 is 0 Å². The Morgan fingerprint density at radius 1 is 1.43 bits per heavy atom. The summed E-state index contributed by atoms with van der Waals surface area (Å²) in [6, 6.07) is 7.54. The number of ether oxygens (including phenoxy) is 1. The summed E-state index contributed by atoms with van der Waals surface area (Å²) in [6.07, 6.45) is 1.06. The molecule has 0 aromatic heterocycles. The van der Waals surface area contributed by atoms with Crippen LogP contribution in [0.5, 0.6) is 5.75 Å². The van der Waals surface area contributed by atoms with Gasteiger partial charge >= 0.3 is 0 Å². The van der Waals surface area contributed by atoms with Crippen LogP contribution in [0.2, 0.25) is 0 Å². The Balaban J connectivity index is 1.82. The van der Waals surface area contributed by atoms with Gasteiger partial charge in [-0.1, -0.05) is 12.1 Å². The standard InChI is InChI=1S/C15H20N2O4/c1-21-13-4-2-11(3-5-13)6-7-17-9-12(8-15(17)20)16-14(19)10-18/h2-5,12,18H,6-10H2,1H3,(H,16,19)/t12-/m0/s1. The minimum absolute atomic E-state index is 0.0340. The number of nitrogens with one attached hydrogen (secondary N) is 1. The molecular weight excluding hydrogens is 272 g/mol. The van der Waals surface area contributed by atoms with Crippen molar-refractivity contribution in [2.45, 2.75) is 18.9 Å². The molecule has 21 heavy (non-hydrogen) atoms. The highest BCUT2D eigenvalue weighted by molar-refractivity contribution is 5.82. The van der Waals surface area contributed by atoms with Crippen LogP contribution in [0.4, 0.5) is 0 Å². The van der Waals surface area contributed by atoms with Gasteiger partial charge in [0.25, 0.3) is 0 Å². The molecule has 0 unspecified atom stereocenters. The highest BCUT2D eigenvalue weighted by atomic mass is 16.5. The minimum atomic E-state index is -0.545. The number of hydrogen-bond donors (Lipinski definition) is 2. The molecule has 0 bridgehead atoms. The summed E-state index contributed by atoms with van der Waals surface area (Å²) in [7, 11) is 1.62. The van der Waals surface area contributed by atoms with Crippen molar-refractivity contribution in [3.63, 3.8) is 0 Å². The summed E-state index contributed by atoms with van der Waals surface area (Å²) in [5.41, 5.74) is 1.13. The van der Waals surface area contributed by atoms with Crippen molar-refractivity contribution in [1.82, 2.24) is 10.2 Å². The average Bonchev–Trinajstić information content (AvgIpc) is 2.85. The van der Waals surface area contributed by atoms with Crippen LogP contribution in [-0.4, -0.2) is 54.7 Å². The van der Waals surface area contributed by atoms with Gasteiger partial charge in [0.1, 0.15) is 12.4 Å². The van der Waals surface area contributed by atoms with E-state index in [1.54, 1.807) is 12.0 Å². The molecule has 1 atom stereocenters. The molecule has 2 amide bonds. The molecule has 114 valence electrons. The lowest BCUT2D eigenvalue weighted by Crippen LogP contribution is -2.38. The van der Waals surface area contributed by atoms with Crippen molar-refractivity contribution < 1.29 is 19.4 Å². The Labute approximate surface area is 123 Å². The molecule has 1 aliphatic rings. The van der Waals surface area contributed by atoms with Crippen molar-refractivity contribution in [3.05, 3.63) is 29.8 Å². The number of likely N-dealkylation sites (tertiary alicyclic amines) is 1. The van der Waals surface area contributed by atoms with Crippen molar-refractivity contribution in [3.8, 4) is 5.75 Å². The monoisotopic (exact) mass is 292 g/mol. The number of aliphatic hydroxyl groups excluding tert-OH is 1. The van der Waals surface area contributed by atoms with E-state index in [0.717, 1.165) is 17.7 Å². The van der Waals surface area contributed by atoms with Crippen molar-refractivity contribution in [1.29, 1.82) is 0 Å². The molecule has 1 aliphatic heterocycles. The van der Waals surface area contributed by atoms with Crippen LogP contribution in [0.25, 0.3) is 0 Å². The predicted molar refractivity (Wildman–Crippen MR) is 76.9 cm³/mol. The predicted octanol–water partition coefficient (Wildman–Crippen LogP) is -0.0529. The maximum atomic E-state index is 11.9. The fraction of sp³-hybridized carbons (Fsp3) is 0.467. The molecule has 1 saturated heterocycles. The third-order valence-electron chi connectivity index (χ3n) is 3.55. The Morgan fingerprint density at radius 2 is 2.14 bits per heavy atom. The highest BCUT2D eigenvalue weighted by Crippen LogP contribution is 2.15. The topological polar surface area (TPSA) is 78.9 Å². The first-order valence-electron chi connectivity index (χ1n) is 6.93. The summed E-state index contributed by atoms with van der Waals surface area (Å²) in [5.74, 6) is 0.402. The van der Waals surface area contributed by atoms with Crippen LogP contribution in [0.15, 0.2) is 24.3 Å². The fourth-order valence-electron chi connectivity index (χ4n) is 2.41. The van der Waals surface area contributed by atoms with Gasteiger partial charge in [0.2, 0.25) is 11.8 Å². The van der Waals surface area contributed by atoms with Crippen LogP contribution in [-0.2, 0) is 16.0 Å². The van der Waals surface area contributed by atoms with E-state index in [1.807, 2.05) is 24.3 Å². The molecule has 0 saturated carbocycles. The van der Waals surface area contributed by atoms with E-state index < -0.39 is 12.5 Å². The molecule has 6 nitrogen and oxygen atoms in total. The largest absolute Gasteiger partial charge is 0.497 e. The van der Waals surface area contributed by atoms with Gasteiger partial charge in [-0.2, -0.15) is 0 Å². The number of hydrogen-bond acceptors (Lipinski definition) is 4. The minimum Gasteiger partial charge on any atom is -0.497 e. The Bertz CT molecular complexity index is 501. The van der Waals surface area contributed by atoms with Crippen LogP contribution in [0.3, 0.4) is 0 Å². The molecule has 1 aromatic carbocycles. The van der Waals surface area contributed by atoms with E-state index in [1.165, 1.54) is 0 Å². The first-order valence-corrected chi connectivity index (χ1v) is 6.93. The van der Waals surface area contributed by atoms with E-state index in [0.29, 0.717) is 19.5 Å². The molecule has 1 fully saturated rings. The fourth-order valence-corrected chi connectivity index (χ4v) is 2.41. The molecule has 2 N–H and O–H groups in total. The summed E-state index contributed by atoms with van der Waals surface area (Å²) in [4.78, 5) is 24.7. The van der Waals surface area contributed by atoms with Crippen molar-refractivity contribution >= 4 is 11.8 Å². The van der Waals surface area contributed by atoms with Gasteiger partial charge in [-0.05, 0) is 24.1 Å². The first kappa shape index (κ1) is 15.3. The number of carbonyl (C=O) groups is 2. The smallest absolute Gasteiger partial charge is 0.245 e. The van der Waals surface area contributed by atoms with Gasteiger partial charge < -0.3 is 20.1 Å². The summed E-state index contributed by atoms with van der Waals surface area (Å²) >= 11 is 0. The molecular formula is C15H20N2O4. The first-order chi connectivity index (χ1) is 10.1. The van der Waals surface area contributed by atoms with Gasteiger partial charge in [0.15, 0.2) is 0 Å². The SMILES string of the molecule is COc1ccc(CCN2C[C@@H](NC(=O)CO)CC2=O)cc1. The summed E-state index contributed by atoms with van der Waals surface area (Å²) in [6.45, 7) is 0.577. The maximum absolute atomic E-state index is 11.9. The van der Waals surface area contributed by atoms with Crippen LogP contribution < -0.4 is 10.1 Å². The van der Waals surface area contributed by atoms with Gasteiger partial charge in [0, 0.05) is 19.5 Å². The number of aliphatic hydroxyl groups is 1. The number of carbonyl (C=O) groups excluding carboxylic acids is 2. The molecule has 1 heterocycles. The maximum Gasteiger partial charge on any atom is 0.245 e. The summed E-state index contributed by atoms with van der Waals surface area (Å²) < 4.78 is 5.10. The third-order valence-corrected chi connectivity index (χ3v) is 3.55. The van der Waals surface area contributed by atoms with Crippen molar-refractivity contribution in [2.24, 2.45) is 0 Å². The normalized spacial score (nSPS) is 17.9. The molecule has 1 aromatic rings. The highest BCUT2D eigenvalue weighted by Gasteiger charge is 2.29. The number of methoxy groups -OCH3 is 1. The van der Waals surface area contributed by atoms with Gasteiger partial charge in [-0.15, -0.1) is 0 Å². The van der Waals surface area contributed by atoms with Crippen LogP contribution in [0.1, 0.15) is 12.0 Å². The van der Waals surface area contributed by atoms with E-state index in [9.17, 15) is 9.59 Å². The van der Waals surface area contributed by atoms with E-state index in [2.05, 4.69) is 5.32 Å². The Morgan fingerprint density at radius 3 is 2.76 bits per heavy atom. The molecule has 0 spiro atoms. The molecule has 0 radical (unpaired) electrons. The van der Waals surface area contributed by atoms with E-state index >= 15 is 0 Å². The zero-order chi connectivity index (χ0) is 15.2. The average molecular weight is 292 g/mol. The second kappa shape index (κ2) is 7.08. The molecule has 2 rings (SSSR count). The van der Waals surface area contributed by atoms with Gasteiger partial charge in [-0.3, -0.25) is 9.59 Å². The lowest BCUT2D eigenvalue weighted by Gasteiger charge is -2.17. The second-order valence-electron chi connectivity index (χ2n) is 5.06. The number of benzene rings is 1. The van der Waals surface area contributed by atoms with Crippen molar-refractivity contribution in [2.75, 3.05) is 26.8 Å². The number of nitrogens with zero attached hydrogens (tertiary/aromatic N) is 1. The Hall–Kier alpha value is -2.08. The Kier molecular flexibility index (Phi) is 5.16. The second-order valence-corrected chi connectivity index (χ2v) is 5.06. The molecule has 0 aliphatic carbocycles. The zero-order valence-electron chi connectivity index (χ0n) is 12.0. The quantitative estimate of drug-likeness (QED) is 0.770. The van der Waals surface area contributed by atoms with E-state index in [-0.39, 0.29) is 11.9 Å². The molecule has 6 heteroatoms. The van der Waals surface area contributed by atoms with Gasteiger partial charge in [0.05, 0.1) is 13.2 Å². The number of amides is 2. The van der Waals surface area contributed by atoms with E-state index in [4.69, 9.17) is 9.84 Å². The zero-order valence-corrected chi connectivity index (χ0v) is 12.0. The van der Waals surface area contributed by atoms with Crippen LogP contribution in [0, 0.1) is 0 Å². The summed E-state index contributed by atoms with van der Waals surface area (Å²) in [5, 5.41) is 11.3. The number of rotatable bonds is 6. The van der Waals surface area contributed by atoms with Gasteiger partial charge in [-0.25, -0.2) is 0 Å². The third kappa shape index (κ3) is 4.19. The lowest BCUT2D eigenvalue weighted by molar-refractivity contribution is -0.127.